The lowest BCUT2D eigenvalue weighted by Gasteiger charge is -2.10. The summed E-state index contributed by atoms with van der Waals surface area (Å²) in [6.07, 6.45) is -1.34. The second-order valence-corrected chi connectivity index (χ2v) is 4.51. The van der Waals surface area contributed by atoms with Gasteiger partial charge in [0, 0.05) is 18.0 Å². The lowest BCUT2D eigenvalue weighted by molar-refractivity contribution is -0.137. The molecule has 0 amide bonds. The highest BCUT2D eigenvalue weighted by Gasteiger charge is 2.30. The molecule has 0 aliphatic rings. The van der Waals surface area contributed by atoms with Gasteiger partial charge in [-0.3, -0.25) is 4.79 Å². The maximum atomic E-state index is 12.5. The van der Waals surface area contributed by atoms with Crippen LogP contribution in [0.2, 0.25) is 0 Å². The van der Waals surface area contributed by atoms with Crippen LogP contribution in [0.4, 0.5) is 13.2 Å². The molecular weight excluding hydrogens is 285 g/mol. The van der Waals surface area contributed by atoms with Crippen molar-refractivity contribution in [3.05, 3.63) is 64.7 Å². The predicted octanol–water partition coefficient (Wildman–Crippen LogP) is 3.02. The van der Waals surface area contributed by atoms with Crippen LogP contribution in [0.3, 0.4) is 0 Å². The number of fused-ring (bicyclic) bond motifs is 1. The van der Waals surface area contributed by atoms with E-state index < -0.39 is 17.3 Å². The standard InChI is InChI=1S/C14H9F3N2O2/c15-14(16,17)10-5-3-9(4-6-10)12-8-18-7-1-2-11(18)13(20)19(12)21/h1-8,21H. The molecule has 0 aliphatic carbocycles. The van der Waals surface area contributed by atoms with E-state index in [0.29, 0.717) is 10.3 Å². The molecule has 1 aromatic carbocycles. The van der Waals surface area contributed by atoms with Gasteiger partial charge in [-0.25, -0.2) is 0 Å². The van der Waals surface area contributed by atoms with Crippen LogP contribution in [0.5, 0.6) is 0 Å². The van der Waals surface area contributed by atoms with Gasteiger partial charge in [-0.05, 0) is 24.3 Å². The largest absolute Gasteiger partial charge is 0.425 e. The van der Waals surface area contributed by atoms with Gasteiger partial charge >= 0.3 is 11.7 Å². The molecule has 3 rings (SSSR count). The molecule has 4 nitrogen and oxygen atoms in total. The fourth-order valence-corrected chi connectivity index (χ4v) is 2.12. The van der Waals surface area contributed by atoms with E-state index in [1.165, 1.54) is 28.8 Å². The fraction of sp³-hybridized carbons (Fsp3) is 0.0714. The molecule has 0 saturated heterocycles. The van der Waals surface area contributed by atoms with Crippen molar-refractivity contribution in [1.82, 2.24) is 9.13 Å². The Morgan fingerprint density at radius 2 is 1.71 bits per heavy atom. The van der Waals surface area contributed by atoms with Crippen molar-refractivity contribution in [1.29, 1.82) is 0 Å². The zero-order chi connectivity index (χ0) is 15.2. The molecule has 2 heterocycles. The Bertz CT molecular complexity index is 861. The maximum Gasteiger partial charge on any atom is 0.416 e. The lowest BCUT2D eigenvalue weighted by atomic mass is 10.1. The minimum atomic E-state index is -4.43. The number of hydrogen-bond donors (Lipinski definition) is 1. The average Bonchev–Trinajstić information content (AvgIpc) is 2.90. The van der Waals surface area contributed by atoms with Crippen LogP contribution >= 0.6 is 0 Å². The topological polar surface area (TPSA) is 46.6 Å². The Hall–Kier alpha value is -2.70. The zero-order valence-corrected chi connectivity index (χ0v) is 10.5. The monoisotopic (exact) mass is 294 g/mol. The van der Waals surface area contributed by atoms with Gasteiger partial charge < -0.3 is 9.61 Å². The first-order valence-electron chi connectivity index (χ1n) is 5.97. The van der Waals surface area contributed by atoms with Crippen LogP contribution in [0.25, 0.3) is 16.8 Å². The van der Waals surface area contributed by atoms with E-state index >= 15 is 0 Å². The molecule has 21 heavy (non-hydrogen) atoms. The summed E-state index contributed by atoms with van der Waals surface area (Å²) in [6.45, 7) is 0. The van der Waals surface area contributed by atoms with Crippen molar-refractivity contribution in [3.63, 3.8) is 0 Å². The van der Waals surface area contributed by atoms with Crippen molar-refractivity contribution in [2.24, 2.45) is 0 Å². The first-order valence-corrected chi connectivity index (χ1v) is 5.97. The summed E-state index contributed by atoms with van der Waals surface area (Å²) in [4.78, 5) is 11.9. The van der Waals surface area contributed by atoms with Gasteiger partial charge in [0.25, 0.3) is 0 Å². The van der Waals surface area contributed by atoms with Crippen molar-refractivity contribution < 1.29 is 18.4 Å². The molecule has 108 valence electrons. The van der Waals surface area contributed by atoms with E-state index in [4.69, 9.17) is 0 Å². The molecule has 0 unspecified atom stereocenters. The van der Waals surface area contributed by atoms with Crippen LogP contribution < -0.4 is 5.56 Å². The summed E-state index contributed by atoms with van der Waals surface area (Å²) in [7, 11) is 0. The van der Waals surface area contributed by atoms with E-state index in [1.54, 1.807) is 12.3 Å². The van der Waals surface area contributed by atoms with Crippen molar-refractivity contribution >= 4 is 5.52 Å². The summed E-state index contributed by atoms with van der Waals surface area (Å²) in [5, 5.41) is 9.87. The summed E-state index contributed by atoms with van der Waals surface area (Å²) in [5.41, 5.74) is -0.749. The first-order chi connectivity index (χ1) is 9.88. The van der Waals surface area contributed by atoms with E-state index in [1.807, 2.05) is 0 Å². The predicted molar refractivity (Wildman–Crippen MR) is 69.3 cm³/mol. The van der Waals surface area contributed by atoms with Crippen molar-refractivity contribution in [2.75, 3.05) is 0 Å². The third kappa shape index (κ3) is 2.16. The van der Waals surface area contributed by atoms with Crippen LogP contribution in [-0.4, -0.2) is 14.3 Å². The molecule has 2 aromatic heterocycles. The number of rotatable bonds is 1. The molecular formula is C14H9F3N2O2. The maximum absolute atomic E-state index is 12.5. The number of nitrogens with zero attached hydrogens (tertiary/aromatic N) is 2. The van der Waals surface area contributed by atoms with Crippen molar-refractivity contribution in [3.8, 4) is 11.3 Å². The molecule has 0 aliphatic heterocycles. The minimum absolute atomic E-state index is 0.109. The van der Waals surface area contributed by atoms with E-state index in [0.717, 1.165) is 12.1 Å². The number of halogens is 3. The van der Waals surface area contributed by atoms with Gasteiger partial charge in [0.1, 0.15) is 11.2 Å². The molecule has 0 saturated carbocycles. The van der Waals surface area contributed by atoms with Crippen molar-refractivity contribution in [2.45, 2.75) is 6.18 Å². The second kappa shape index (κ2) is 4.41. The summed E-state index contributed by atoms with van der Waals surface area (Å²) in [6, 6.07) is 7.39. The minimum Gasteiger partial charge on any atom is -0.425 e. The molecule has 7 heteroatoms. The highest BCUT2D eigenvalue weighted by atomic mass is 19.4. The molecule has 0 bridgehead atoms. The van der Waals surface area contributed by atoms with Gasteiger partial charge in [-0.1, -0.05) is 12.1 Å². The molecule has 0 spiro atoms. The number of hydrogen-bond acceptors (Lipinski definition) is 2. The Labute approximate surface area is 116 Å². The Kier molecular flexibility index (Phi) is 2.79. The molecule has 0 fully saturated rings. The number of alkyl halides is 3. The lowest BCUT2D eigenvalue weighted by Crippen LogP contribution is -2.21. The van der Waals surface area contributed by atoms with Gasteiger partial charge in [-0.2, -0.15) is 13.2 Å². The number of benzene rings is 1. The summed E-state index contributed by atoms with van der Waals surface area (Å²) < 4.78 is 39.5. The zero-order valence-electron chi connectivity index (χ0n) is 10.5. The summed E-state index contributed by atoms with van der Waals surface area (Å²) >= 11 is 0. The third-order valence-electron chi connectivity index (χ3n) is 3.19. The Morgan fingerprint density at radius 1 is 1.05 bits per heavy atom. The molecule has 1 N–H and O–H groups in total. The molecule has 3 aromatic rings. The highest BCUT2D eigenvalue weighted by molar-refractivity contribution is 5.61. The van der Waals surface area contributed by atoms with Crippen LogP contribution in [-0.2, 0) is 6.18 Å². The smallest absolute Gasteiger partial charge is 0.416 e. The van der Waals surface area contributed by atoms with E-state index in [2.05, 4.69) is 0 Å². The number of aromatic nitrogens is 2. The highest BCUT2D eigenvalue weighted by Crippen LogP contribution is 2.30. The second-order valence-electron chi connectivity index (χ2n) is 4.51. The third-order valence-corrected chi connectivity index (χ3v) is 3.19. The van der Waals surface area contributed by atoms with Crippen LogP contribution in [0.1, 0.15) is 5.56 Å². The quantitative estimate of drug-likeness (QED) is 0.701. The molecule has 0 radical (unpaired) electrons. The van der Waals surface area contributed by atoms with Gasteiger partial charge in [0.05, 0.1) is 5.56 Å². The van der Waals surface area contributed by atoms with Crippen LogP contribution in [0, 0.1) is 0 Å². The van der Waals surface area contributed by atoms with Crippen LogP contribution in [0.15, 0.2) is 53.6 Å². The SMILES string of the molecule is O=c1c2cccn2cc(-c2ccc(C(F)(F)F)cc2)n1O. The molecule has 0 atom stereocenters. The Balaban J connectivity index is 2.16. The van der Waals surface area contributed by atoms with E-state index in [-0.39, 0.29) is 11.2 Å². The average molecular weight is 294 g/mol. The fourth-order valence-electron chi connectivity index (χ4n) is 2.12. The Morgan fingerprint density at radius 3 is 2.33 bits per heavy atom. The van der Waals surface area contributed by atoms with Gasteiger partial charge in [0.15, 0.2) is 0 Å². The van der Waals surface area contributed by atoms with E-state index in [9.17, 15) is 23.2 Å². The summed E-state index contributed by atoms with van der Waals surface area (Å²) in [5.74, 6) is 0. The van der Waals surface area contributed by atoms with Gasteiger partial charge in [-0.15, -0.1) is 4.73 Å². The normalized spacial score (nSPS) is 12.0. The van der Waals surface area contributed by atoms with Gasteiger partial charge in [0.2, 0.25) is 0 Å². The first kappa shape index (κ1) is 13.3.